The van der Waals surface area contributed by atoms with Crippen molar-refractivity contribution < 1.29 is 4.79 Å². The van der Waals surface area contributed by atoms with E-state index in [1.54, 1.807) is 6.20 Å². The van der Waals surface area contributed by atoms with Crippen molar-refractivity contribution in [3.05, 3.63) is 30.1 Å². The summed E-state index contributed by atoms with van der Waals surface area (Å²) in [6, 6.07) is 5.74. The van der Waals surface area contributed by atoms with Gasteiger partial charge in [-0.25, -0.2) is 0 Å². The molecule has 4 nitrogen and oxygen atoms in total. The standard InChI is InChI=1S/C14H23N3O/c1-4-17(10-12-7-5-6-8-16-12)14(18)13(9-15)11(2)3/h5-8,11,13H,4,9-10,15H2,1-3H3. The van der Waals surface area contributed by atoms with E-state index in [0.717, 1.165) is 5.69 Å². The number of pyridine rings is 1. The van der Waals surface area contributed by atoms with Crippen molar-refractivity contribution in [1.29, 1.82) is 0 Å². The first-order chi connectivity index (χ1) is 8.60. The summed E-state index contributed by atoms with van der Waals surface area (Å²) >= 11 is 0. The fourth-order valence-corrected chi connectivity index (χ4v) is 1.93. The van der Waals surface area contributed by atoms with Gasteiger partial charge in [0.1, 0.15) is 0 Å². The Bertz CT molecular complexity index is 365. The zero-order valence-electron chi connectivity index (χ0n) is 11.5. The van der Waals surface area contributed by atoms with Crippen LogP contribution in [-0.4, -0.2) is 28.9 Å². The number of amides is 1. The predicted molar refractivity (Wildman–Crippen MR) is 72.7 cm³/mol. The van der Waals surface area contributed by atoms with E-state index < -0.39 is 0 Å². The Hall–Kier alpha value is -1.42. The maximum Gasteiger partial charge on any atom is 0.227 e. The quantitative estimate of drug-likeness (QED) is 0.834. The van der Waals surface area contributed by atoms with Crippen LogP contribution in [0.25, 0.3) is 0 Å². The van der Waals surface area contributed by atoms with Gasteiger partial charge in [0.05, 0.1) is 18.2 Å². The van der Waals surface area contributed by atoms with Crippen molar-refractivity contribution in [3.8, 4) is 0 Å². The van der Waals surface area contributed by atoms with Crippen LogP contribution in [-0.2, 0) is 11.3 Å². The van der Waals surface area contributed by atoms with Gasteiger partial charge in [-0.3, -0.25) is 9.78 Å². The average Bonchev–Trinajstić information content (AvgIpc) is 2.37. The maximum absolute atomic E-state index is 12.4. The molecule has 0 fully saturated rings. The lowest BCUT2D eigenvalue weighted by Gasteiger charge is -2.27. The highest BCUT2D eigenvalue weighted by Crippen LogP contribution is 2.14. The summed E-state index contributed by atoms with van der Waals surface area (Å²) in [6.07, 6.45) is 1.75. The van der Waals surface area contributed by atoms with Crippen LogP contribution in [0.5, 0.6) is 0 Å². The molecule has 0 bridgehead atoms. The summed E-state index contributed by atoms with van der Waals surface area (Å²) in [6.45, 7) is 7.68. The number of hydrogen-bond acceptors (Lipinski definition) is 3. The number of nitrogens with zero attached hydrogens (tertiary/aromatic N) is 2. The van der Waals surface area contributed by atoms with Crippen LogP contribution in [0.3, 0.4) is 0 Å². The third-order valence-electron chi connectivity index (χ3n) is 3.15. The first kappa shape index (κ1) is 14.6. The number of nitrogens with two attached hydrogens (primary N) is 1. The van der Waals surface area contributed by atoms with Crippen LogP contribution in [0.1, 0.15) is 26.5 Å². The zero-order valence-corrected chi connectivity index (χ0v) is 11.5. The van der Waals surface area contributed by atoms with Crippen molar-refractivity contribution >= 4 is 5.91 Å². The third kappa shape index (κ3) is 3.81. The molecular formula is C14H23N3O. The van der Waals surface area contributed by atoms with Gasteiger partial charge in [0.2, 0.25) is 5.91 Å². The summed E-state index contributed by atoms with van der Waals surface area (Å²) in [5.74, 6) is 0.287. The molecule has 0 aliphatic rings. The van der Waals surface area contributed by atoms with Crippen LogP contribution >= 0.6 is 0 Å². The summed E-state index contributed by atoms with van der Waals surface area (Å²) in [4.78, 5) is 18.4. The Morgan fingerprint density at radius 3 is 2.61 bits per heavy atom. The maximum atomic E-state index is 12.4. The van der Waals surface area contributed by atoms with Gasteiger partial charge < -0.3 is 10.6 Å². The lowest BCUT2D eigenvalue weighted by molar-refractivity contribution is -0.137. The third-order valence-corrected chi connectivity index (χ3v) is 3.15. The Morgan fingerprint density at radius 1 is 1.44 bits per heavy atom. The predicted octanol–water partition coefficient (Wildman–Crippen LogP) is 1.66. The van der Waals surface area contributed by atoms with Gasteiger partial charge >= 0.3 is 0 Å². The van der Waals surface area contributed by atoms with E-state index in [9.17, 15) is 4.79 Å². The molecule has 0 aliphatic carbocycles. The van der Waals surface area contributed by atoms with Crippen molar-refractivity contribution in [2.45, 2.75) is 27.3 Å². The van der Waals surface area contributed by atoms with Gasteiger partial charge in [0, 0.05) is 19.3 Å². The molecule has 0 spiro atoms. The SMILES string of the molecule is CCN(Cc1ccccn1)C(=O)C(CN)C(C)C. The summed E-state index contributed by atoms with van der Waals surface area (Å²) in [7, 11) is 0. The molecule has 1 aromatic rings. The monoisotopic (exact) mass is 249 g/mol. The molecule has 4 heteroatoms. The van der Waals surface area contributed by atoms with Crippen molar-refractivity contribution in [2.75, 3.05) is 13.1 Å². The molecule has 2 N–H and O–H groups in total. The summed E-state index contributed by atoms with van der Waals surface area (Å²) < 4.78 is 0. The highest BCUT2D eigenvalue weighted by atomic mass is 16.2. The highest BCUT2D eigenvalue weighted by molar-refractivity contribution is 5.79. The molecule has 1 atom stereocenters. The van der Waals surface area contributed by atoms with E-state index >= 15 is 0 Å². The minimum Gasteiger partial charge on any atom is -0.337 e. The molecule has 0 radical (unpaired) electrons. The van der Waals surface area contributed by atoms with Crippen molar-refractivity contribution in [3.63, 3.8) is 0 Å². The normalized spacial score (nSPS) is 12.5. The summed E-state index contributed by atoms with van der Waals surface area (Å²) in [5, 5.41) is 0. The van der Waals surface area contributed by atoms with E-state index in [1.165, 1.54) is 0 Å². The van der Waals surface area contributed by atoms with Gasteiger partial charge in [-0.05, 0) is 25.0 Å². The highest BCUT2D eigenvalue weighted by Gasteiger charge is 2.25. The fourth-order valence-electron chi connectivity index (χ4n) is 1.93. The molecule has 1 heterocycles. The second-order valence-corrected chi connectivity index (χ2v) is 4.76. The second kappa shape index (κ2) is 7.11. The van der Waals surface area contributed by atoms with Gasteiger partial charge in [-0.1, -0.05) is 19.9 Å². The van der Waals surface area contributed by atoms with E-state index in [-0.39, 0.29) is 17.7 Å². The molecular weight excluding hydrogens is 226 g/mol. The Labute approximate surface area is 109 Å². The molecule has 0 aliphatic heterocycles. The van der Waals surface area contributed by atoms with Crippen LogP contribution in [0.15, 0.2) is 24.4 Å². The molecule has 1 aromatic heterocycles. The summed E-state index contributed by atoms with van der Waals surface area (Å²) in [5.41, 5.74) is 6.61. The lowest BCUT2D eigenvalue weighted by Crippen LogP contribution is -2.41. The Kier molecular flexibility index (Phi) is 5.78. The smallest absolute Gasteiger partial charge is 0.227 e. The van der Waals surface area contributed by atoms with Crippen LogP contribution in [0.2, 0.25) is 0 Å². The molecule has 18 heavy (non-hydrogen) atoms. The van der Waals surface area contributed by atoms with Gasteiger partial charge in [-0.15, -0.1) is 0 Å². The Morgan fingerprint density at radius 2 is 2.17 bits per heavy atom. The molecule has 1 rings (SSSR count). The van der Waals surface area contributed by atoms with Crippen molar-refractivity contribution in [2.24, 2.45) is 17.6 Å². The van der Waals surface area contributed by atoms with Crippen LogP contribution in [0, 0.1) is 11.8 Å². The van der Waals surface area contributed by atoms with E-state index in [0.29, 0.717) is 19.6 Å². The number of carbonyl (C=O) groups excluding carboxylic acids is 1. The minimum atomic E-state index is -0.103. The first-order valence-corrected chi connectivity index (χ1v) is 6.48. The van der Waals surface area contributed by atoms with E-state index in [2.05, 4.69) is 4.98 Å². The number of carbonyl (C=O) groups is 1. The average molecular weight is 249 g/mol. The number of aromatic nitrogens is 1. The van der Waals surface area contributed by atoms with Gasteiger partial charge in [0.15, 0.2) is 0 Å². The van der Waals surface area contributed by atoms with Crippen LogP contribution in [0.4, 0.5) is 0 Å². The van der Waals surface area contributed by atoms with E-state index in [4.69, 9.17) is 5.73 Å². The van der Waals surface area contributed by atoms with Gasteiger partial charge in [0.25, 0.3) is 0 Å². The first-order valence-electron chi connectivity index (χ1n) is 6.48. The number of hydrogen-bond donors (Lipinski definition) is 1. The lowest BCUT2D eigenvalue weighted by atomic mass is 9.94. The molecule has 0 saturated heterocycles. The molecule has 1 amide bonds. The van der Waals surface area contributed by atoms with Gasteiger partial charge in [-0.2, -0.15) is 0 Å². The topological polar surface area (TPSA) is 59.2 Å². The largest absolute Gasteiger partial charge is 0.337 e. The van der Waals surface area contributed by atoms with E-state index in [1.807, 2.05) is 43.9 Å². The number of rotatable bonds is 6. The van der Waals surface area contributed by atoms with Crippen LogP contribution < -0.4 is 5.73 Å². The minimum absolute atomic E-state index is 0.103. The fraction of sp³-hybridized carbons (Fsp3) is 0.571. The zero-order chi connectivity index (χ0) is 13.5. The second-order valence-electron chi connectivity index (χ2n) is 4.76. The molecule has 1 unspecified atom stereocenters. The molecule has 100 valence electrons. The Balaban J connectivity index is 2.74. The molecule has 0 aromatic carbocycles. The van der Waals surface area contributed by atoms with Crippen molar-refractivity contribution in [1.82, 2.24) is 9.88 Å². The molecule has 0 saturated carbocycles.